The van der Waals surface area contributed by atoms with E-state index in [1.165, 1.54) is 0 Å². The van der Waals surface area contributed by atoms with Crippen LogP contribution in [0.4, 0.5) is 0 Å². The number of methoxy groups -OCH3 is 1. The van der Waals surface area contributed by atoms with Crippen molar-refractivity contribution in [3.63, 3.8) is 0 Å². The summed E-state index contributed by atoms with van der Waals surface area (Å²) in [6, 6.07) is 5.77. The molecular formula is C23H31N3O4. The van der Waals surface area contributed by atoms with E-state index in [0.717, 1.165) is 68.4 Å². The van der Waals surface area contributed by atoms with Crippen LogP contribution in [0.1, 0.15) is 38.5 Å². The summed E-state index contributed by atoms with van der Waals surface area (Å²) in [6.07, 6.45) is 6.48. The first-order chi connectivity index (χ1) is 14.5. The van der Waals surface area contributed by atoms with E-state index in [1.807, 2.05) is 29.8 Å². The van der Waals surface area contributed by atoms with Gasteiger partial charge in [-0.2, -0.15) is 0 Å². The molecule has 3 heterocycles. The lowest BCUT2D eigenvalue weighted by Crippen LogP contribution is -2.48. The topological polar surface area (TPSA) is 65.7 Å². The van der Waals surface area contributed by atoms with Gasteiger partial charge in [0.15, 0.2) is 0 Å². The molecule has 1 aromatic carbocycles. The van der Waals surface area contributed by atoms with Crippen LogP contribution in [0.2, 0.25) is 0 Å². The van der Waals surface area contributed by atoms with E-state index >= 15 is 0 Å². The molecule has 162 valence electrons. The fourth-order valence-corrected chi connectivity index (χ4v) is 5.60. The number of morpholine rings is 1. The van der Waals surface area contributed by atoms with Crippen LogP contribution in [0.25, 0.3) is 11.0 Å². The first-order valence-corrected chi connectivity index (χ1v) is 11.2. The van der Waals surface area contributed by atoms with Crippen molar-refractivity contribution >= 4 is 16.9 Å². The van der Waals surface area contributed by atoms with Crippen LogP contribution in [0.15, 0.2) is 23.0 Å². The fourth-order valence-electron chi connectivity index (χ4n) is 5.60. The third-order valence-corrected chi connectivity index (χ3v) is 7.34. The van der Waals surface area contributed by atoms with E-state index in [1.54, 1.807) is 11.7 Å². The molecule has 2 atom stereocenters. The standard InChI is InChI=1S/C23H31N3O4/c1-24-20-10-9-17(29-2)11-21(20)26(23(24)28)12-15-3-5-16(6-4-15)22(27)25-13-18-7-8-19(14-25)30-18/h9-11,15-16,18-19H,3-8,12-14H2,1-2H3. The summed E-state index contributed by atoms with van der Waals surface area (Å²) < 4.78 is 14.8. The molecule has 2 aliphatic heterocycles. The van der Waals surface area contributed by atoms with Gasteiger partial charge in [-0.05, 0) is 56.6 Å². The van der Waals surface area contributed by atoms with Gasteiger partial charge in [-0.1, -0.05) is 0 Å². The van der Waals surface area contributed by atoms with Gasteiger partial charge >= 0.3 is 5.69 Å². The average Bonchev–Trinajstić information content (AvgIpc) is 3.23. The lowest BCUT2D eigenvalue weighted by atomic mass is 9.81. The molecule has 0 N–H and O–H groups in total. The van der Waals surface area contributed by atoms with E-state index in [-0.39, 0.29) is 23.8 Å². The van der Waals surface area contributed by atoms with E-state index in [2.05, 4.69) is 4.90 Å². The summed E-state index contributed by atoms with van der Waals surface area (Å²) in [5.41, 5.74) is 1.86. The van der Waals surface area contributed by atoms with Crippen LogP contribution < -0.4 is 10.4 Å². The molecule has 3 fully saturated rings. The van der Waals surface area contributed by atoms with Crippen molar-refractivity contribution in [2.45, 2.75) is 57.3 Å². The number of rotatable bonds is 4. The predicted molar refractivity (Wildman–Crippen MR) is 114 cm³/mol. The number of carbonyl (C=O) groups is 1. The van der Waals surface area contributed by atoms with Crippen molar-refractivity contribution in [2.75, 3.05) is 20.2 Å². The molecule has 7 heteroatoms. The molecule has 1 saturated carbocycles. The SMILES string of the molecule is COc1ccc2c(c1)n(CC1CCC(C(=O)N3CC4CCC(C3)O4)CC1)c(=O)n2C. The zero-order chi connectivity index (χ0) is 20.8. The van der Waals surface area contributed by atoms with Crippen molar-refractivity contribution in [1.29, 1.82) is 0 Å². The van der Waals surface area contributed by atoms with Crippen LogP contribution in [0.3, 0.4) is 0 Å². The van der Waals surface area contributed by atoms with Crippen LogP contribution in [-0.4, -0.2) is 52.3 Å². The van der Waals surface area contributed by atoms with Gasteiger partial charge in [-0.15, -0.1) is 0 Å². The summed E-state index contributed by atoms with van der Waals surface area (Å²) >= 11 is 0. The highest BCUT2D eigenvalue weighted by atomic mass is 16.5. The first-order valence-electron chi connectivity index (χ1n) is 11.2. The molecule has 2 bridgehead atoms. The van der Waals surface area contributed by atoms with E-state index < -0.39 is 0 Å². The van der Waals surface area contributed by atoms with Gasteiger partial charge < -0.3 is 14.4 Å². The maximum Gasteiger partial charge on any atom is 0.328 e. The van der Waals surface area contributed by atoms with Crippen molar-refractivity contribution in [2.24, 2.45) is 18.9 Å². The zero-order valence-electron chi connectivity index (χ0n) is 17.9. The lowest BCUT2D eigenvalue weighted by molar-refractivity contribution is -0.145. The predicted octanol–water partition coefficient (Wildman–Crippen LogP) is 2.54. The summed E-state index contributed by atoms with van der Waals surface area (Å²) in [4.78, 5) is 27.9. The number of fused-ring (bicyclic) bond motifs is 3. The Labute approximate surface area is 176 Å². The number of carbonyl (C=O) groups excluding carboxylic acids is 1. The number of ether oxygens (including phenoxy) is 2. The van der Waals surface area contributed by atoms with E-state index in [4.69, 9.17) is 9.47 Å². The number of likely N-dealkylation sites (tertiary alicyclic amines) is 1. The van der Waals surface area contributed by atoms with Gasteiger partial charge in [0, 0.05) is 38.7 Å². The van der Waals surface area contributed by atoms with Crippen LogP contribution in [0, 0.1) is 11.8 Å². The Morgan fingerprint density at radius 1 is 1.07 bits per heavy atom. The monoisotopic (exact) mass is 413 g/mol. The minimum Gasteiger partial charge on any atom is -0.497 e. The highest BCUT2D eigenvalue weighted by molar-refractivity contribution is 5.79. The molecule has 0 radical (unpaired) electrons. The lowest BCUT2D eigenvalue weighted by Gasteiger charge is -2.36. The summed E-state index contributed by atoms with van der Waals surface area (Å²) in [5.74, 6) is 1.63. The Kier molecular flexibility index (Phi) is 5.09. The minimum atomic E-state index is 0.0141. The maximum atomic E-state index is 13.0. The van der Waals surface area contributed by atoms with Crippen LogP contribution >= 0.6 is 0 Å². The third-order valence-electron chi connectivity index (χ3n) is 7.34. The van der Waals surface area contributed by atoms with Crippen LogP contribution in [0.5, 0.6) is 5.75 Å². The van der Waals surface area contributed by atoms with Crippen molar-refractivity contribution in [1.82, 2.24) is 14.0 Å². The molecule has 1 aromatic heterocycles. The van der Waals surface area contributed by atoms with Crippen LogP contribution in [-0.2, 0) is 23.1 Å². The van der Waals surface area contributed by atoms with Gasteiger partial charge in [-0.25, -0.2) is 4.79 Å². The number of aromatic nitrogens is 2. The summed E-state index contributed by atoms with van der Waals surface area (Å²) in [6.45, 7) is 2.23. The molecule has 0 spiro atoms. The second-order valence-electron chi connectivity index (χ2n) is 9.23. The molecule has 3 aliphatic rings. The number of imidazole rings is 1. The summed E-state index contributed by atoms with van der Waals surface area (Å²) in [7, 11) is 3.46. The molecule has 7 nitrogen and oxygen atoms in total. The second-order valence-corrected chi connectivity index (χ2v) is 9.23. The minimum absolute atomic E-state index is 0.0141. The Balaban J connectivity index is 1.25. The third kappa shape index (κ3) is 3.43. The van der Waals surface area contributed by atoms with Gasteiger partial charge in [-0.3, -0.25) is 13.9 Å². The fraction of sp³-hybridized carbons (Fsp3) is 0.652. The number of hydrogen-bond acceptors (Lipinski definition) is 4. The zero-order valence-corrected chi connectivity index (χ0v) is 17.9. The highest BCUT2D eigenvalue weighted by Gasteiger charge is 2.38. The molecule has 1 aliphatic carbocycles. The van der Waals surface area contributed by atoms with Crippen molar-refractivity contribution in [3.8, 4) is 5.75 Å². The average molecular weight is 414 g/mol. The highest BCUT2D eigenvalue weighted by Crippen LogP contribution is 2.34. The molecule has 30 heavy (non-hydrogen) atoms. The second kappa shape index (κ2) is 7.76. The van der Waals surface area contributed by atoms with E-state index in [0.29, 0.717) is 18.4 Å². The Morgan fingerprint density at radius 3 is 2.43 bits per heavy atom. The first kappa shape index (κ1) is 19.7. The number of hydrogen-bond donors (Lipinski definition) is 0. The normalized spacial score (nSPS) is 28.8. The van der Waals surface area contributed by atoms with E-state index in [9.17, 15) is 9.59 Å². The molecular weight excluding hydrogens is 382 g/mol. The number of aryl methyl sites for hydroxylation is 1. The molecule has 5 rings (SSSR count). The Morgan fingerprint density at radius 2 is 1.77 bits per heavy atom. The molecule has 2 unspecified atom stereocenters. The number of amides is 1. The smallest absolute Gasteiger partial charge is 0.328 e. The largest absolute Gasteiger partial charge is 0.497 e. The maximum absolute atomic E-state index is 13.0. The molecule has 2 saturated heterocycles. The molecule has 2 aromatic rings. The Bertz CT molecular complexity index is 990. The van der Waals surface area contributed by atoms with Crippen molar-refractivity contribution in [3.05, 3.63) is 28.7 Å². The molecule has 1 amide bonds. The van der Waals surface area contributed by atoms with Gasteiger partial charge in [0.25, 0.3) is 0 Å². The summed E-state index contributed by atoms with van der Waals surface area (Å²) in [5, 5.41) is 0. The number of benzene rings is 1. The van der Waals surface area contributed by atoms with Gasteiger partial charge in [0.05, 0.1) is 30.4 Å². The van der Waals surface area contributed by atoms with Crippen molar-refractivity contribution < 1.29 is 14.3 Å². The Hall–Kier alpha value is -2.28. The number of nitrogens with zero attached hydrogens (tertiary/aromatic N) is 3. The quantitative estimate of drug-likeness (QED) is 0.773. The van der Waals surface area contributed by atoms with Gasteiger partial charge in [0.2, 0.25) is 5.91 Å². The van der Waals surface area contributed by atoms with Gasteiger partial charge in [0.1, 0.15) is 5.75 Å².